The summed E-state index contributed by atoms with van der Waals surface area (Å²) < 4.78 is 7.67. The molecule has 3 rings (SSSR count). The molecule has 9 nitrogen and oxygen atoms in total. The normalized spacial score (nSPS) is 30.1. The van der Waals surface area contributed by atoms with E-state index in [1.807, 2.05) is 0 Å². The Hall–Kier alpha value is -1.94. The maximum Gasteiger partial charge on any atom is 0.281 e. The summed E-state index contributed by atoms with van der Waals surface area (Å²) in [7, 11) is 0. The number of aliphatic hydroxyl groups excluding tert-OH is 3. The number of aliphatic hydroxyl groups is 3. The maximum atomic E-state index is 11.8. The molecule has 0 spiro atoms. The van der Waals surface area contributed by atoms with Crippen LogP contribution in [0, 0.1) is 0 Å². The number of rotatable bonds is 2. The van der Waals surface area contributed by atoms with E-state index in [9.17, 15) is 15.0 Å². The number of nitrogens with zero attached hydrogens (tertiary/aromatic N) is 3. The van der Waals surface area contributed by atoms with Crippen LogP contribution in [-0.4, -0.2) is 54.5 Å². The SMILES string of the molecule is Nn1cnc2c(ccn2C2OC(CO)C(O)C2O)c1=O. The Bertz CT molecular complexity index is 696. The van der Waals surface area contributed by atoms with Gasteiger partial charge in [0.15, 0.2) is 6.23 Å². The monoisotopic (exact) mass is 282 g/mol. The van der Waals surface area contributed by atoms with E-state index in [0.29, 0.717) is 0 Å². The first-order valence-electron chi connectivity index (χ1n) is 6.00. The smallest absolute Gasteiger partial charge is 0.281 e. The molecule has 2 aromatic rings. The van der Waals surface area contributed by atoms with E-state index < -0.39 is 36.7 Å². The van der Waals surface area contributed by atoms with E-state index in [4.69, 9.17) is 15.7 Å². The van der Waals surface area contributed by atoms with Crippen LogP contribution in [-0.2, 0) is 4.74 Å². The van der Waals surface area contributed by atoms with Crippen molar-refractivity contribution >= 4 is 11.0 Å². The summed E-state index contributed by atoms with van der Waals surface area (Å²) in [6, 6.07) is 1.50. The van der Waals surface area contributed by atoms with Gasteiger partial charge in [-0.05, 0) is 6.07 Å². The molecule has 0 bridgehead atoms. The van der Waals surface area contributed by atoms with E-state index in [-0.39, 0.29) is 11.0 Å². The van der Waals surface area contributed by atoms with Crippen molar-refractivity contribution in [3.8, 4) is 0 Å². The van der Waals surface area contributed by atoms with Crippen molar-refractivity contribution in [2.24, 2.45) is 0 Å². The molecule has 1 aliphatic rings. The summed E-state index contributed by atoms with van der Waals surface area (Å²) in [6.07, 6.45) is -1.59. The Morgan fingerprint density at radius 1 is 1.40 bits per heavy atom. The van der Waals surface area contributed by atoms with Gasteiger partial charge in [-0.1, -0.05) is 0 Å². The highest BCUT2D eigenvalue weighted by atomic mass is 16.6. The van der Waals surface area contributed by atoms with Gasteiger partial charge in [0.2, 0.25) is 0 Å². The summed E-state index contributed by atoms with van der Waals surface area (Å²) in [5.74, 6) is 5.42. The second kappa shape index (κ2) is 4.56. The first-order chi connectivity index (χ1) is 9.54. The lowest BCUT2D eigenvalue weighted by Crippen LogP contribution is -2.33. The highest BCUT2D eigenvalue weighted by Gasteiger charge is 2.43. The Morgan fingerprint density at radius 2 is 2.15 bits per heavy atom. The molecule has 20 heavy (non-hydrogen) atoms. The van der Waals surface area contributed by atoms with E-state index in [1.54, 1.807) is 0 Å². The van der Waals surface area contributed by atoms with Crippen LogP contribution in [0.15, 0.2) is 23.4 Å². The number of hydrogen-bond acceptors (Lipinski definition) is 7. The third kappa shape index (κ3) is 1.72. The second-order valence-corrected chi connectivity index (χ2v) is 4.65. The van der Waals surface area contributed by atoms with E-state index in [0.717, 1.165) is 11.0 Å². The number of hydrogen-bond donors (Lipinski definition) is 4. The molecule has 0 aromatic carbocycles. The fourth-order valence-electron chi connectivity index (χ4n) is 2.37. The standard InChI is InChI=1S/C11H14N4O5/c12-15-4-13-9-5(10(15)19)1-2-14(9)11-8(18)7(17)6(3-16)20-11/h1-2,4,6-8,11,16-18H,3,12H2. The van der Waals surface area contributed by atoms with Gasteiger partial charge in [0.25, 0.3) is 5.56 Å². The van der Waals surface area contributed by atoms with E-state index in [1.165, 1.54) is 16.8 Å². The number of nitrogens with two attached hydrogens (primary N) is 1. The molecule has 2 aromatic heterocycles. The first kappa shape index (κ1) is 13.1. The van der Waals surface area contributed by atoms with Crippen LogP contribution in [0.25, 0.3) is 11.0 Å². The highest BCUT2D eigenvalue weighted by Crippen LogP contribution is 2.31. The minimum absolute atomic E-state index is 0.271. The molecule has 4 unspecified atom stereocenters. The molecule has 4 atom stereocenters. The van der Waals surface area contributed by atoms with Crippen molar-refractivity contribution in [2.45, 2.75) is 24.5 Å². The summed E-state index contributed by atoms with van der Waals surface area (Å²) in [5, 5.41) is 29.1. The number of fused-ring (bicyclic) bond motifs is 1. The van der Waals surface area contributed by atoms with Gasteiger partial charge in [-0.2, -0.15) is 0 Å². The Morgan fingerprint density at radius 3 is 2.80 bits per heavy atom. The van der Waals surface area contributed by atoms with Crippen LogP contribution >= 0.6 is 0 Å². The van der Waals surface area contributed by atoms with E-state index in [2.05, 4.69) is 4.98 Å². The molecule has 1 saturated heterocycles. The van der Waals surface area contributed by atoms with Crippen LogP contribution in [0.4, 0.5) is 0 Å². The molecule has 108 valence electrons. The summed E-state index contributed by atoms with van der Waals surface area (Å²) in [6.45, 7) is -0.420. The number of ether oxygens (including phenoxy) is 1. The van der Waals surface area contributed by atoms with Gasteiger partial charge in [-0.15, -0.1) is 0 Å². The zero-order valence-electron chi connectivity index (χ0n) is 10.3. The zero-order chi connectivity index (χ0) is 14.4. The summed E-state index contributed by atoms with van der Waals surface area (Å²) >= 11 is 0. The zero-order valence-corrected chi connectivity index (χ0v) is 10.3. The lowest BCUT2D eigenvalue weighted by atomic mass is 10.1. The predicted octanol–water partition coefficient (Wildman–Crippen LogP) is -2.48. The van der Waals surface area contributed by atoms with Crippen LogP contribution in [0.2, 0.25) is 0 Å². The summed E-state index contributed by atoms with van der Waals surface area (Å²) in [5.41, 5.74) is -0.146. The largest absolute Gasteiger partial charge is 0.394 e. The van der Waals surface area contributed by atoms with Crippen molar-refractivity contribution in [1.29, 1.82) is 0 Å². The molecule has 1 fully saturated rings. The Labute approximate surface area is 112 Å². The molecule has 3 heterocycles. The second-order valence-electron chi connectivity index (χ2n) is 4.65. The van der Waals surface area contributed by atoms with Gasteiger partial charge in [0.05, 0.1) is 12.0 Å². The number of nitrogen functional groups attached to an aromatic ring is 1. The van der Waals surface area contributed by atoms with E-state index >= 15 is 0 Å². The van der Waals surface area contributed by atoms with Crippen molar-refractivity contribution in [2.75, 3.05) is 12.4 Å². The maximum absolute atomic E-state index is 11.8. The predicted molar refractivity (Wildman–Crippen MR) is 67.2 cm³/mol. The Balaban J connectivity index is 2.08. The van der Waals surface area contributed by atoms with Gasteiger partial charge in [0, 0.05) is 6.20 Å². The quantitative estimate of drug-likeness (QED) is 0.448. The fraction of sp³-hybridized carbons (Fsp3) is 0.455. The molecule has 0 amide bonds. The lowest BCUT2D eigenvalue weighted by molar-refractivity contribution is -0.0508. The topological polar surface area (TPSA) is 136 Å². The molecule has 9 heteroatoms. The minimum Gasteiger partial charge on any atom is -0.394 e. The van der Waals surface area contributed by atoms with Crippen molar-refractivity contribution in [1.82, 2.24) is 14.2 Å². The third-order valence-corrected chi connectivity index (χ3v) is 3.45. The average Bonchev–Trinajstić information content (AvgIpc) is 2.98. The molecular formula is C11H14N4O5. The molecule has 0 radical (unpaired) electrons. The molecule has 0 saturated carbocycles. The van der Waals surface area contributed by atoms with Crippen LogP contribution in [0.5, 0.6) is 0 Å². The van der Waals surface area contributed by atoms with Crippen LogP contribution < -0.4 is 11.4 Å². The average molecular weight is 282 g/mol. The lowest BCUT2D eigenvalue weighted by Gasteiger charge is -2.17. The van der Waals surface area contributed by atoms with Crippen molar-refractivity contribution in [3.05, 3.63) is 28.9 Å². The van der Waals surface area contributed by atoms with Crippen LogP contribution in [0.1, 0.15) is 6.23 Å². The van der Waals surface area contributed by atoms with Crippen molar-refractivity contribution in [3.63, 3.8) is 0 Å². The highest BCUT2D eigenvalue weighted by molar-refractivity contribution is 5.74. The molecule has 0 aliphatic carbocycles. The molecular weight excluding hydrogens is 268 g/mol. The fourth-order valence-corrected chi connectivity index (χ4v) is 2.37. The van der Waals surface area contributed by atoms with Gasteiger partial charge < -0.3 is 30.5 Å². The first-order valence-corrected chi connectivity index (χ1v) is 6.00. The van der Waals surface area contributed by atoms with Gasteiger partial charge in [-0.3, -0.25) is 4.79 Å². The molecule has 5 N–H and O–H groups in total. The summed E-state index contributed by atoms with van der Waals surface area (Å²) in [4.78, 5) is 15.8. The van der Waals surface area contributed by atoms with Gasteiger partial charge >= 0.3 is 0 Å². The molecule has 1 aliphatic heterocycles. The van der Waals surface area contributed by atoms with Crippen LogP contribution in [0.3, 0.4) is 0 Å². The number of aromatic nitrogens is 3. The third-order valence-electron chi connectivity index (χ3n) is 3.45. The van der Waals surface area contributed by atoms with Crippen molar-refractivity contribution < 1.29 is 20.1 Å². The Kier molecular flexibility index (Phi) is 2.98. The minimum atomic E-state index is -1.23. The van der Waals surface area contributed by atoms with Gasteiger partial charge in [0.1, 0.15) is 30.3 Å². The van der Waals surface area contributed by atoms with Gasteiger partial charge in [-0.25, -0.2) is 9.66 Å².